The number of likely N-dealkylation sites (tertiary alicyclic amines) is 1. The maximum absolute atomic E-state index is 15.0. The molecule has 14 heteroatoms. The van der Waals surface area contributed by atoms with Crippen LogP contribution < -0.4 is 4.74 Å². The molecule has 0 aliphatic carbocycles. The average molecular weight is 726 g/mol. The van der Waals surface area contributed by atoms with Gasteiger partial charge in [-0.3, -0.25) is 9.36 Å². The molecule has 272 valence electrons. The monoisotopic (exact) mass is 725 g/mol. The molecule has 0 N–H and O–H groups in total. The van der Waals surface area contributed by atoms with E-state index in [-0.39, 0.29) is 22.5 Å². The number of piperidine rings is 1. The number of ether oxygens (including phenoxy) is 3. The molecule has 0 atom stereocenters. The molecule has 0 saturated carbocycles. The van der Waals surface area contributed by atoms with E-state index >= 15 is 8.42 Å². The Morgan fingerprint density at radius 1 is 0.981 bits per heavy atom. The molecule has 2 aromatic carbocycles. The van der Waals surface area contributed by atoms with Crippen LogP contribution in [0.1, 0.15) is 44.7 Å². The Kier molecular flexibility index (Phi) is 8.65. The van der Waals surface area contributed by atoms with Gasteiger partial charge in [-0.25, -0.2) is 22.2 Å². The summed E-state index contributed by atoms with van der Waals surface area (Å²) in [6, 6.07) is 14.3. The smallest absolute Gasteiger partial charge is 0.410 e. The number of pyridine rings is 1. The molecule has 1 aliphatic rings. The fraction of sp³-hybridized carbons (Fsp3) is 0.368. The molecule has 6 aromatic rings. The van der Waals surface area contributed by atoms with Crippen molar-refractivity contribution in [2.45, 2.75) is 56.6 Å². The molecule has 13 nitrogen and oxygen atoms in total. The van der Waals surface area contributed by atoms with Gasteiger partial charge in [0.25, 0.3) is 10.0 Å². The standard InChI is InChI=1S/C38H43N7O6S/c1-24-21-39-34-31(32(24)38(50-8)16-18-44(19-17-38)36(46)51-37(2,3)4)30(25-14-15-29-26(20-25)22-40-43(29)6)33(28-23-42(5)41-35(28)49-7)45(34)52(47,48)27-12-10-9-11-13-27/h9-15,20-23H,16-19H2,1-8H3. The van der Waals surface area contributed by atoms with Crippen LogP contribution in [0.2, 0.25) is 0 Å². The maximum atomic E-state index is 15.0. The summed E-state index contributed by atoms with van der Waals surface area (Å²) in [6.07, 6.45) is 5.74. The summed E-state index contributed by atoms with van der Waals surface area (Å²) in [5, 5.41) is 10.5. The summed E-state index contributed by atoms with van der Waals surface area (Å²) in [4.78, 5) is 19.8. The van der Waals surface area contributed by atoms with Crippen molar-refractivity contribution >= 4 is 38.1 Å². The molecule has 0 unspecified atom stereocenters. The number of fused-ring (bicyclic) bond motifs is 2. The van der Waals surface area contributed by atoms with Crippen LogP contribution in [0.15, 0.2) is 72.0 Å². The van der Waals surface area contributed by atoms with Crippen molar-refractivity contribution in [2.24, 2.45) is 14.1 Å². The zero-order chi connectivity index (χ0) is 37.2. The number of methoxy groups -OCH3 is 2. The second kappa shape index (κ2) is 12.8. The zero-order valence-corrected chi connectivity index (χ0v) is 31.5. The van der Waals surface area contributed by atoms with Gasteiger partial charge in [-0.2, -0.15) is 5.10 Å². The third-order valence-corrected chi connectivity index (χ3v) is 11.5. The topological polar surface area (TPSA) is 136 Å². The Labute approximate surface area is 302 Å². The quantitative estimate of drug-likeness (QED) is 0.183. The molecule has 0 spiro atoms. The Bertz CT molecular complexity index is 2430. The molecule has 7 rings (SSSR count). The van der Waals surface area contributed by atoms with Crippen LogP contribution >= 0.6 is 0 Å². The van der Waals surface area contributed by atoms with E-state index in [0.29, 0.717) is 48.1 Å². The summed E-state index contributed by atoms with van der Waals surface area (Å²) >= 11 is 0. The van der Waals surface area contributed by atoms with E-state index in [1.807, 2.05) is 52.9 Å². The van der Waals surface area contributed by atoms with E-state index in [1.165, 1.54) is 11.1 Å². The highest BCUT2D eigenvalue weighted by Gasteiger charge is 2.43. The van der Waals surface area contributed by atoms with Crippen molar-refractivity contribution in [1.82, 2.24) is 33.4 Å². The van der Waals surface area contributed by atoms with E-state index in [2.05, 4.69) is 10.2 Å². The Morgan fingerprint density at radius 3 is 2.35 bits per heavy atom. The second-order valence-electron chi connectivity index (χ2n) is 14.3. The number of carbonyl (C=O) groups is 1. The summed E-state index contributed by atoms with van der Waals surface area (Å²) in [5.41, 5.74) is 3.43. The van der Waals surface area contributed by atoms with Gasteiger partial charge < -0.3 is 19.1 Å². The summed E-state index contributed by atoms with van der Waals surface area (Å²) < 4.78 is 52.7. The minimum absolute atomic E-state index is 0.0984. The van der Waals surface area contributed by atoms with E-state index in [0.717, 1.165) is 27.6 Å². The average Bonchev–Trinajstić information content (AvgIpc) is 3.79. The SMILES string of the molecule is COc1nn(C)cc1-c1c(-c2ccc3c(cnn3C)c2)c2c(C3(OC)CCN(C(=O)OC(C)(C)C)CC3)c(C)cnc2n1S(=O)(=O)c1ccccc1. The predicted molar refractivity (Wildman–Crippen MR) is 198 cm³/mol. The van der Waals surface area contributed by atoms with Gasteiger partial charge in [0, 0.05) is 68.6 Å². The van der Waals surface area contributed by atoms with Gasteiger partial charge in [-0.15, -0.1) is 5.10 Å². The first-order valence-electron chi connectivity index (χ1n) is 17.1. The van der Waals surface area contributed by atoms with Crippen LogP contribution in [0.3, 0.4) is 0 Å². The Hall–Kier alpha value is -5.21. The highest BCUT2D eigenvalue weighted by molar-refractivity contribution is 7.90. The Morgan fingerprint density at radius 2 is 1.69 bits per heavy atom. The first-order valence-corrected chi connectivity index (χ1v) is 18.5. The summed E-state index contributed by atoms with van der Waals surface area (Å²) in [7, 11) is 2.54. The molecule has 1 amide bonds. The highest BCUT2D eigenvalue weighted by atomic mass is 32.2. The molecular formula is C38H43N7O6S. The van der Waals surface area contributed by atoms with E-state index in [4.69, 9.17) is 19.2 Å². The van der Waals surface area contributed by atoms with Gasteiger partial charge in [0.15, 0.2) is 5.65 Å². The Balaban J connectivity index is 1.59. The third-order valence-electron chi connectivity index (χ3n) is 9.76. The summed E-state index contributed by atoms with van der Waals surface area (Å²) in [5.74, 6) is 0.254. The molecule has 5 heterocycles. The first kappa shape index (κ1) is 35.2. The van der Waals surface area contributed by atoms with E-state index in [1.54, 1.807) is 77.3 Å². The molecule has 4 aromatic heterocycles. The molecular weight excluding hydrogens is 683 g/mol. The van der Waals surface area contributed by atoms with Crippen molar-refractivity contribution in [3.05, 3.63) is 78.2 Å². The molecule has 1 saturated heterocycles. The number of aromatic nitrogens is 6. The van der Waals surface area contributed by atoms with Crippen LogP contribution in [-0.4, -0.2) is 80.8 Å². The predicted octanol–water partition coefficient (Wildman–Crippen LogP) is 6.42. The number of hydrogen-bond acceptors (Lipinski definition) is 9. The van der Waals surface area contributed by atoms with Gasteiger partial charge in [0.2, 0.25) is 5.88 Å². The van der Waals surface area contributed by atoms with Crippen molar-refractivity contribution < 1.29 is 27.4 Å². The van der Waals surface area contributed by atoms with E-state index < -0.39 is 21.2 Å². The van der Waals surface area contributed by atoms with Gasteiger partial charge >= 0.3 is 6.09 Å². The normalized spacial score (nSPS) is 15.0. The lowest BCUT2D eigenvalue weighted by Crippen LogP contribution is -2.47. The number of benzene rings is 2. The number of amides is 1. The van der Waals surface area contributed by atoms with Gasteiger partial charge in [0.1, 0.15) is 5.60 Å². The largest absolute Gasteiger partial charge is 0.479 e. The lowest BCUT2D eigenvalue weighted by molar-refractivity contribution is -0.0644. The molecule has 1 aliphatic heterocycles. The maximum Gasteiger partial charge on any atom is 0.410 e. The lowest BCUT2D eigenvalue weighted by Gasteiger charge is -2.42. The molecule has 52 heavy (non-hydrogen) atoms. The van der Waals surface area contributed by atoms with Crippen molar-refractivity contribution in [3.63, 3.8) is 0 Å². The fourth-order valence-electron chi connectivity index (χ4n) is 7.39. The fourth-order valence-corrected chi connectivity index (χ4v) is 8.90. The molecule has 1 fully saturated rings. The number of rotatable bonds is 7. The zero-order valence-electron chi connectivity index (χ0n) is 30.7. The lowest BCUT2D eigenvalue weighted by atomic mass is 9.79. The van der Waals surface area contributed by atoms with Crippen molar-refractivity contribution in [1.29, 1.82) is 0 Å². The first-order chi connectivity index (χ1) is 24.7. The van der Waals surface area contributed by atoms with E-state index in [9.17, 15) is 4.79 Å². The highest BCUT2D eigenvalue weighted by Crippen LogP contribution is 2.51. The third kappa shape index (κ3) is 5.79. The number of aryl methyl sites for hydroxylation is 3. The van der Waals surface area contributed by atoms with Crippen LogP contribution in [0.5, 0.6) is 5.88 Å². The van der Waals surface area contributed by atoms with Crippen LogP contribution in [-0.2, 0) is 39.2 Å². The van der Waals surface area contributed by atoms with Crippen molar-refractivity contribution in [2.75, 3.05) is 27.3 Å². The number of carbonyl (C=O) groups excluding carboxylic acids is 1. The van der Waals surface area contributed by atoms with Crippen LogP contribution in [0.25, 0.3) is 44.3 Å². The number of hydrogen-bond donors (Lipinski definition) is 0. The number of nitrogens with zero attached hydrogens (tertiary/aromatic N) is 7. The molecule has 0 bridgehead atoms. The van der Waals surface area contributed by atoms with Gasteiger partial charge in [-0.05, 0) is 75.9 Å². The van der Waals surface area contributed by atoms with Crippen LogP contribution in [0, 0.1) is 6.92 Å². The van der Waals surface area contributed by atoms with Crippen molar-refractivity contribution in [3.8, 4) is 28.3 Å². The summed E-state index contributed by atoms with van der Waals surface area (Å²) in [6.45, 7) is 8.24. The minimum atomic E-state index is -4.28. The van der Waals surface area contributed by atoms with Crippen LogP contribution in [0.4, 0.5) is 4.79 Å². The molecule has 0 radical (unpaired) electrons. The van der Waals surface area contributed by atoms with Gasteiger partial charge in [0.05, 0.1) is 40.6 Å². The minimum Gasteiger partial charge on any atom is -0.479 e. The van der Waals surface area contributed by atoms with Gasteiger partial charge in [-0.1, -0.05) is 24.3 Å². The second-order valence-corrected chi connectivity index (χ2v) is 16.0.